The van der Waals surface area contributed by atoms with E-state index in [1.165, 1.54) is 25.7 Å². The van der Waals surface area contributed by atoms with E-state index in [9.17, 15) is 0 Å². The molecule has 0 spiro atoms. The van der Waals surface area contributed by atoms with Crippen molar-refractivity contribution >= 4 is 8.80 Å². The Bertz CT molecular complexity index is 124. The van der Waals surface area contributed by atoms with Crippen LogP contribution in [-0.2, 0) is 13.3 Å². The molecule has 0 aromatic rings. The van der Waals surface area contributed by atoms with Crippen molar-refractivity contribution in [2.24, 2.45) is 0 Å². The lowest BCUT2D eigenvalue weighted by Crippen LogP contribution is -2.42. The molecular formula is C10H25FO3Si. The highest BCUT2D eigenvalue weighted by atomic mass is 28.4. The standard InChI is InChI=1S/C10H24O3Si.FH/c1-5-6-7-8-9-10-14(11-2,12-3)13-4;/h5-10H2,1-4H3;1H. The van der Waals surface area contributed by atoms with E-state index in [0.29, 0.717) is 0 Å². The molecule has 0 saturated heterocycles. The van der Waals surface area contributed by atoms with E-state index in [4.69, 9.17) is 13.3 Å². The van der Waals surface area contributed by atoms with Gasteiger partial charge in [0.05, 0.1) is 0 Å². The van der Waals surface area contributed by atoms with Crippen molar-refractivity contribution in [1.29, 1.82) is 0 Å². The Balaban J connectivity index is 0. The van der Waals surface area contributed by atoms with Crippen LogP contribution in [0.25, 0.3) is 0 Å². The molecule has 5 heteroatoms. The summed E-state index contributed by atoms with van der Waals surface area (Å²) in [5.41, 5.74) is 0. The minimum Gasteiger partial charge on any atom is -0.377 e. The second-order valence-corrected chi connectivity index (χ2v) is 6.55. The van der Waals surface area contributed by atoms with E-state index >= 15 is 0 Å². The van der Waals surface area contributed by atoms with Crippen LogP contribution in [-0.4, -0.2) is 30.1 Å². The lowest BCUT2D eigenvalue weighted by atomic mass is 10.2. The molecule has 0 amide bonds. The Kier molecular flexibility index (Phi) is 12.2. The molecule has 0 aromatic heterocycles. The molecule has 0 aromatic carbocycles. The molecule has 0 heterocycles. The fraction of sp³-hybridized carbons (Fsp3) is 1.00. The number of halogens is 1. The molecule has 0 aliphatic rings. The van der Waals surface area contributed by atoms with Crippen LogP contribution in [0.15, 0.2) is 0 Å². The number of unbranched alkanes of at least 4 members (excludes halogenated alkanes) is 4. The second-order valence-electron chi connectivity index (χ2n) is 3.46. The van der Waals surface area contributed by atoms with Gasteiger partial charge in [-0.1, -0.05) is 32.6 Å². The normalized spacial score (nSPS) is 11.2. The van der Waals surface area contributed by atoms with Gasteiger partial charge in [-0.2, -0.15) is 0 Å². The second kappa shape index (κ2) is 10.5. The summed E-state index contributed by atoms with van der Waals surface area (Å²) in [6.45, 7) is 2.22. The summed E-state index contributed by atoms with van der Waals surface area (Å²) in [4.78, 5) is 0. The summed E-state index contributed by atoms with van der Waals surface area (Å²) >= 11 is 0. The molecule has 0 aliphatic heterocycles. The van der Waals surface area contributed by atoms with Gasteiger partial charge in [0.1, 0.15) is 0 Å². The molecule has 0 radical (unpaired) electrons. The third-order valence-electron chi connectivity index (χ3n) is 2.52. The van der Waals surface area contributed by atoms with Gasteiger partial charge in [0.25, 0.3) is 0 Å². The van der Waals surface area contributed by atoms with Gasteiger partial charge in [-0.05, 0) is 6.42 Å². The fourth-order valence-corrected chi connectivity index (χ4v) is 3.30. The summed E-state index contributed by atoms with van der Waals surface area (Å²) in [7, 11) is 2.74. The van der Waals surface area contributed by atoms with Crippen LogP contribution in [0.2, 0.25) is 6.04 Å². The molecule has 0 aliphatic carbocycles. The quantitative estimate of drug-likeness (QED) is 0.458. The predicted molar refractivity (Wildman–Crippen MR) is 62.9 cm³/mol. The molecule has 0 unspecified atom stereocenters. The van der Waals surface area contributed by atoms with Gasteiger partial charge >= 0.3 is 8.80 Å². The zero-order valence-corrected chi connectivity index (χ0v) is 11.4. The summed E-state index contributed by atoms with van der Waals surface area (Å²) in [5, 5.41) is 0. The first-order valence-electron chi connectivity index (χ1n) is 5.40. The van der Waals surface area contributed by atoms with E-state index < -0.39 is 8.80 Å². The highest BCUT2D eigenvalue weighted by Gasteiger charge is 2.36. The summed E-state index contributed by atoms with van der Waals surface area (Å²) in [6.07, 6.45) is 6.29. The summed E-state index contributed by atoms with van der Waals surface area (Å²) in [5.74, 6) is 0. The smallest absolute Gasteiger partial charge is 0.377 e. The van der Waals surface area contributed by atoms with Crippen LogP contribution < -0.4 is 0 Å². The lowest BCUT2D eigenvalue weighted by molar-refractivity contribution is 0.122. The van der Waals surface area contributed by atoms with E-state index in [0.717, 1.165) is 12.5 Å². The van der Waals surface area contributed by atoms with Crippen LogP contribution in [0.5, 0.6) is 0 Å². The van der Waals surface area contributed by atoms with Crippen LogP contribution in [0.4, 0.5) is 4.70 Å². The van der Waals surface area contributed by atoms with Crippen molar-refractivity contribution < 1.29 is 18.0 Å². The number of hydrogen-bond acceptors (Lipinski definition) is 3. The average Bonchev–Trinajstić information content (AvgIpc) is 2.24. The van der Waals surface area contributed by atoms with Crippen molar-refractivity contribution in [3.8, 4) is 0 Å². The first-order valence-corrected chi connectivity index (χ1v) is 7.33. The average molecular weight is 240 g/mol. The molecule has 0 N–H and O–H groups in total. The number of rotatable bonds is 9. The molecule has 3 nitrogen and oxygen atoms in total. The maximum absolute atomic E-state index is 5.34. The summed E-state index contributed by atoms with van der Waals surface area (Å²) in [6, 6.07) is 0.931. The minimum absolute atomic E-state index is 0. The topological polar surface area (TPSA) is 27.7 Å². The summed E-state index contributed by atoms with van der Waals surface area (Å²) < 4.78 is 16.0. The molecule has 0 saturated carbocycles. The van der Waals surface area contributed by atoms with Crippen molar-refractivity contribution in [2.45, 2.75) is 45.1 Å². The van der Waals surface area contributed by atoms with Crippen LogP contribution in [0, 0.1) is 0 Å². The molecule has 0 bridgehead atoms. The van der Waals surface area contributed by atoms with Gasteiger partial charge < -0.3 is 13.3 Å². The van der Waals surface area contributed by atoms with E-state index in [1.807, 2.05) is 0 Å². The first kappa shape index (κ1) is 17.4. The Morgan fingerprint density at radius 1 is 0.800 bits per heavy atom. The van der Waals surface area contributed by atoms with Gasteiger partial charge in [0, 0.05) is 27.4 Å². The Labute approximate surface area is 93.8 Å². The van der Waals surface area contributed by atoms with Crippen molar-refractivity contribution in [2.75, 3.05) is 21.3 Å². The highest BCUT2D eigenvalue weighted by molar-refractivity contribution is 6.60. The molecule has 0 rings (SSSR count). The molecule has 0 fully saturated rings. The van der Waals surface area contributed by atoms with Gasteiger partial charge in [-0.25, -0.2) is 0 Å². The van der Waals surface area contributed by atoms with Gasteiger partial charge in [-0.3, -0.25) is 4.70 Å². The first-order chi connectivity index (χ1) is 6.74. The largest absolute Gasteiger partial charge is 0.500 e. The Morgan fingerprint density at radius 2 is 1.27 bits per heavy atom. The van der Waals surface area contributed by atoms with Crippen LogP contribution in [0.1, 0.15) is 39.0 Å². The fourth-order valence-electron chi connectivity index (χ4n) is 1.50. The van der Waals surface area contributed by atoms with Crippen molar-refractivity contribution in [1.82, 2.24) is 0 Å². The Hall–Kier alpha value is 0.0269. The van der Waals surface area contributed by atoms with E-state index in [1.54, 1.807) is 21.3 Å². The van der Waals surface area contributed by atoms with E-state index in [-0.39, 0.29) is 4.70 Å². The van der Waals surface area contributed by atoms with Crippen LogP contribution >= 0.6 is 0 Å². The monoisotopic (exact) mass is 240 g/mol. The molecule has 15 heavy (non-hydrogen) atoms. The SMILES string of the molecule is CCCCCCC[Si](OC)(OC)OC.F. The molecule has 0 atom stereocenters. The van der Waals surface area contributed by atoms with Crippen LogP contribution in [0.3, 0.4) is 0 Å². The maximum Gasteiger partial charge on any atom is 0.500 e. The maximum atomic E-state index is 5.34. The third-order valence-corrected chi connectivity index (χ3v) is 5.35. The van der Waals surface area contributed by atoms with Gasteiger partial charge in [-0.15, -0.1) is 0 Å². The molecular weight excluding hydrogens is 215 g/mol. The zero-order valence-electron chi connectivity index (χ0n) is 10.4. The third kappa shape index (κ3) is 7.00. The van der Waals surface area contributed by atoms with Gasteiger partial charge in [0.2, 0.25) is 0 Å². The van der Waals surface area contributed by atoms with Gasteiger partial charge in [0.15, 0.2) is 0 Å². The highest BCUT2D eigenvalue weighted by Crippen LogP contribution is 2.17. The minimum atomic E-state index is -2.28. The Morgan fingerprint density at radius 3 is 1.67 bits per heavy atom. The zero-order chi connectivity index (χ0) is 10.9. The number of hydrogen-bond donors (Lipinski definition) is 0. The lowest BCUT2D eigenvalue weighted by Gasteiger charge is -2.24. The van der Waals surface area contributed by atoms with Crippen molar-refractivity contribution in [3.05, 3.63) is 0 Å². The van der Waals surface area contributed by atoms with Crippen molar-refractivity contribution in [3.63, 3.8) is 0 Å². The predicted octanol–water partition coefficient (Wildman–Crippen LogP) is 2.99. The molecule has 94 valence electrons. The van der Waals surface area contributed by atoms with E-state index in [2.05, 4.69) is 6.92 Å².